The van der Waals surface area contributed by atoms with Gasteiger partial charge >= 0.3 is 6.09 Å². The highest BCUT2D eigenvalue weighted by Crippen LogP contribution is 2.26. The van der Waals surface area contributed by atoms with Gasteiger partial charge in [-0.1, -0.05) is 48.0 Å². The minimum absolute atomic E-state index is 0.0501. The van der Waals surface area contributed by atoms with Gasteiger partial charge in [-0.05, 0) is 58.7 Å². The standard InChI is InChI=1S/C26H35N3O4S/c1-7-29(24(31)21(16-34)28-25(32)33-26(4,5)6)22(19-13-10-11-17(2)15-19)23(30)27-20-14-9-8-12-18(20)3/h8-15,21-22,34H,7,16H2,1-6H3,(H,27,30)(H,28,32). The van der Waals surface area contributed by atoms with Crippen LogP contribution in [0, 0.1) is 13.8 Å². The molecular formula is C26H35N3O4S. The molecule has 0 bridgehead atoms. The third-order valence-corrected chi connectivity index (χ3v) is 5.48. The van der Waals surface area contributed by atoms with Crippen LogP contribution in [0.1, 0.15) is 50.4 Å². The molecule has 0 heterocycles. The van der Waals surface area contributed by atoms with E-state index in [0.29, 0.717) is 11.3 Å². The molecule has 2 aromatic rings. The monoisotopic (exact) mass is 485 g/mol. The summed E-state index contributed by atoms with van der Waals surface area (Å²) in [5.41, 5.74) is 2.51. The first-order valence-corrected chi connectivity index (χ1v) is 11.9. The lowest BCUT2D eigenvalue weighted by Crippen LogP contribution is -2.53. The molecule has 0 saturated carbocycles. The molecule has 2 atom stereocenters. The molecule has 8 heteroatoms. The topological polar surface area (TPSA) is 87.7 Å². The van der Waals surface area contributed by atoms with E-state index in [1.54, 1.807) is 27.7 Å². The Labute approximate surface area is 207 Å². The van der Waals surface area contributed by atoms with Crippen LogP contribution in [-0.2, 0) is 14.3 Å². The number of nitrogens with zero attached hydrogens (tertiary/aromatic N) is 1. The first kappa shape index (κ1) is 27.2. The number of amides is 3. The number of hydrogen-bond acceptors (Lipinski definition) is 5. The van der Waals surface area contributed by atoms with Gasteiger partial charge in [0.2, 0.25) is 5.91 Å². The summed E-state index contributed by atoms with van der Waals surface area (Å²) in [6.45, 7) is 11.1. The van der Waals surface area contributed by atoms with E-state index in [-0.39, 0.29) is 18.2 Å². The molecular weight excluding hydrogens is 450 g/mol. The quantitative estimate of drug-likeness (QED) is 0.475. The zero-order chi connectivity index (χ0) is 25.5. The zero-order valence-corrected chi connectivity index (χ0v) is 21.6. The van der Waals surface area contributed by atoms with E-state index in [1.165, 1.54) is 4.90 Å². The van der Waals surface area contributed by atoms with E-state index in [4.69, 9.17) is 4.74 Å². The second-order valence-electron chi connectivity index (χ2n) is 9.13. The van der Waals surface area contributed by atoms with Crippen molar-refractivity contribution in [3.8, 4) is 0 Å². The number of alkyl carbamates (subject to hydrolysis) is 1. The largest absolute Gasteiger partial charge is 0.444 e. The van der Waals surface area contributed by atoms with Crippen molar-refractivity contribution in [2.24, 2.45) is 0 Å². The average Bonchev–Trinajstić information content (AvgIpc) is 2.75. The molecule has 7 nitrogen and oxygen atoms in total. The number of ether oxygens (including phenoxy) is 1. The zero-order valence-electron chi connectivity index (χ0n) is 20.7. The summed E-state index contributed by atoms with van der Waals surface area (Å²) in [6.07, 6.45) is -0.715. The van der Waals surface area contributed by atoms with Crippen molar-refractivity contribution in [2.45, 2.75) is 59.2 Å². The number of benzene rings is 2. The molecule has 2 unspecified atom stereocenters. The lowest BCUT2D eigenvalue weighted by molar-refractivity contribution is -0.140. The van der Waals surface area contributed by atoms with Crippen molar-refractivity contribution in [1.82, 2.24) is 10.2 Å². The fraction of sp³-hybridized carbons (Fsp3) is 0.423. The second-order valence-corrected chi connectivity index (χ2v) is 9.49. The van der Waals surface area contributed by atoms with Crippen LogP contribution in [0.5, 0.6) is 0 Å². The second kappa shape index (κ2) is 11.9. The SMILES string of the molecule is CCN(C(=O)C(CS)NC(=O)OC(C)(C)C)C(C(=O)Nc1ccccc1C)c1cccc(C)c1. The Bertz CT molecular complexity index is 1020. The number of anilines is 1. The highest BCUT2D eigenvalue weighted by Gasteiger charge is 2.35. The van der Waals surface area contributed by atoms with Crippen molar-refractivity contribution in [3.05, 3.63) is 65.2 Å². The Morgan fingerprint density at radius 2 is 1.74 bits per heavy atom. The first-order chi connectivity index (χ1) is 16.0. The lowest BCUT2D eigenvalue weighted by Gasteiger charge is -2.33. The molecule has 34 heavy (non-hydrogen) atoms. The van der Waals surface area contributed by atoms with Crippen LogP contribution in [0.15, 0.2) is 48.5 Å². The summed E-state index contributed by atoms with van der Waals surface area (Å²) in [7, 11) is 0. The van der Waals surface area contributed by atoms with Crippen molar-refractivity contribution in [2.75, 3.05) is 17.6 Å². The number of aryl methyl sites for hydroxylation is 2. The molecule has 0 aliphatic heterocycles. The van der Waals surface area contributed by atoms with Gasteiger partial charge in [0.1, 0.15) is 17.7 Å². The molecule has 0 aliphatic carbocycles. The average molecular weight is 486 g/mol. The van der Waals surface area contributed by atoms with Gasteiger partial charge < -0.3 is 20.3 Å². The number of nitrogens with one attached hydrogen (secondary N) is 2. The van der Waals surface area contributed by atoms with Crippen LogP contribution in [0.2, 0.25) is 0 Å². The molecule has 2 aromatic carbocycles. The van der Waals surface area contributed by atoms with Gasteiger partial charge in [-0.25, -0.2) is 4.79 Å². The van der Waals surface area contributed by atoms with Crippen LogP contribution in [0.3, 0.4) is 0 Å². The number of carbonyl (C=O) groups is 3. The molecule has 0 fully saturated rings. The number of carbonyl (C=O) groups excluding carboxylic acids is 3. The third kappa shape index (κ3) is 7.52. The van der Waals surface area contributed by atoms with E-state index < -0.39 is 29.7 Å². The van der Waals surface area contributed by atoms with E-state index in [9.17, 15) is 14.4 Å². The smallest absolute Gasteiger partial charge is 0.408 e. The number of hydrogen-bond donors (Lipinski definition) is 3. The predicted molar refractivity (Wildman–Crippen MR) is 138 cm³/mol. The molecule has 0 saturated heterocycles. The number of para-hydroxylation sites is 1. The molecule has 2 N–H and O–H groups in total. The molecule has 0 aliphatic rings. The molecule has 0 spiro atoms. The maximum atomic E-state index is 13.6. The highest BCUT2D eigenvalue weighted by atomic mass is 32.1. The van der Waals surface area contributed by atoms with Crippen LogP contribution in [0.25, 0.3) is 0 Å². The number of thiol groups is 1. The van der Waals surface area contributed by atoms with E-state index in [2.05, 4.69) is 23.3 Å². The Hall–Kier alpha value is -3.00. The Morgan fingerprint density at radius 1 is 1.06 bits per heavy atom. The van der Waals surface area contributed by atoms with Gasteiger partial charge in [-0.3, -0.25) is 9.59 Å². The van der Waals surface area contributed by atoms with Crippen molar-refractivity contribution >= 4 is 36.2 Å². The fourth-order valence-electron chi connectivity index (χ4n) is 3.53. The summed E-state index contributed by atoms with van der Waals surface area (Å²) < 4.78 is 5.30. The van der Waals surface area contributed by atoms with Gasteiger partial charge in [0.25, 0.3) is 5.91 Å². The molecule has 184 valence electrons. The van der Waals surface area contributed by atoms with Gasteiger partial charge in [0.05, 0.1) is 0 Å². The van der Waals surface area contributed by atoms with Crippen molar-refractivity contribution < 1.29 is 19.1 Å². The molecule has 0 aromatic heterocycles. The predicted octanol–water partition coefficient (Wildman–Crippen LogP) is 4.65. The molecule has 2 rings (SSSR count). The highest BCUT2D eigenvalue weighted by molar-refractivity contribution is 7.80. The minimum Gasteiger partial charge on any atom is -0.444 e. The van der Waals surface area contributed by atoms with Crippen LogP contribution >= 0.6 is 12.6 Å². The summed E-state index contributed by atoms with van der Waals surface area (Å²) in [4.78, 5) is 40.9. The van der Waals surface area contributed by atoms with E-state index in [0.717, 1.165) is 11.1 Å². The van der Waals surface area contributed by atoms with Gasteiger partial charge in [-0.2, -0.15) is 12.6 Å². The van der Waals surface area contributed by atoms with Crippen LogP contribution in [-0.4, -0.2) is 46.7 Å². The first-order valence-electron chi connectivity index (χ1n) is 11.3. The lowest BCUT2D eigenvalue weighted by atomic mass is 10.0. The van der Waals surface area contributed by atoms with Crippen molar-refractivity contribution in [1.29, 1.82) is 0 Å². The maximum absolute atomic E-state index is 13.6. The van der Waals surface area contributed by atoms with Crippen LogP contribution < -0.4 is 10.6 Å². The Balaban J connectivity index is 2.39. The van der Waals surface area contributed by atoms with Crippen molar-refractivity contribution in [3.63, 3.8) is 0 Å². The van der Waals surface area contributed by atoms with E-state index in [1.807, 2.05) is 62.4 Å². The molecule has 3 amide bonds. The normalized spacial score (nSPS) is 12.9. The van der Waals surface area contributed by atoms with E-state index >= 15 is 0 Å². The Kier molecular flexibility index (Phi) is 9.55. The number of rotatable bonds is 8. The summed E-state index contributed by atoms with van der Waals surface area (Å²) in [5, 5.41) is 5.56. The van der Waals surface area contributed by atoms with Gasteiger partial charge in [0.15, 0.2) is 0 Å². The van der Waals surface area contributed by atoms with Crippen LogP contribution in [0.4, 0.5) is 10.5 Å². The Morgan fingerprint density at radius 3 is 2.29 bits per heavy atom. The summed E-state index contributed by atoms with van der Waals surface area (Å²) >= 11 is 4.27. The fourth-order valence-corrected chi connectivity index (χ4v) is 3.78. The van der Waals surface area contributed by atoms with Gasteiger partial charge in [0, 0.05) is 18.0 Å². The summed E-state index contributed by atoms with van der Waals surface area (Å²) in [5.74, 6) is -0.714. The molecule has 0 radical (unpaired) electrons. The van der Waals surface area contributed by atoms with Gasteiger partial charge in [-0.15, -0.1) is 0 Å². The third-order valence-electron chi connectivity index (χ3n) is 5.12. The summed E-state index contributed by atoms with van der Waals surface area (Å²) in [6, 6.07) is 13.1. The maximum Gasteiger partial charge on any atom is 0.408 e. The number of likely N-dealkylation sites (N-methyl/N-ethyl adjacent to an activating group) is 1. The minimum atomic E-state index is -0.961.